The van der Waals surface area contributed by atoms with Gasteiger partial charge in [-0.1, -0.05) is 6.92 Å². The maximum Gasteiger partial charge on any atom is 0.0795 e. The SMILES string of the molecule is CCCNC1CCN(C2CCOC3(CCSC3)C2)CC1. The van der Waals surface area contributed by atoms with Crippen LogP contribution in [0.2, 0.25) is 0 Å². The molecule has 1 N–H and O–H groups in total. The highest BCUT2D eigenvalue weighted by Crippen LogP contribution is 2.39. The fraction of sp³-hybridized carbons (Fsp3) is 1.00. The highest BCUT2D eigenvalue weighted by molar-refractivity contribution is 7.99. The van der Waals surface area contributed by atoms with E-state index in [1.807, 2.05) is 0 Å². The monoisotopic (exact) mass is 298 g/mol. The van der Waals surface area contributed by atoms with Crippen molar-refractivity contribution < 1.29 is 4.74 Å². The summed E-state index contributed by atoms with van der Waals surface area (Å²) in [6, 6.07) is 1.55. The van der Waals surface area contributed by atoms with Crippen LogP contribution in [0.5, 0.6) is 0 Å². The maximum atomic E-state index is 6.16. The molecule has 2 atom stereocenters. The number of ether oxygens (including phenoxy) is 1. The van der Waals surface area contributed by atoms with Gasteiger partial charge >= 0.3 is 0 Å². The van der Waals surface area contributed by atoms with Crippen molar-refractivity contribution in [2.24, 2.45) is 0 Å². The van der Waals surface area contributed by atoms with Crippen molar-refractivity contribution in [3.63, 3.8) is 0 Å². The molecule has 0 aromatic rings. The summed E-state index contributed by atoms with van der Waals surface area (Å²) >= 11 is 2.08. The Labute approximate surface area is 128 Å². The highest BCUT2D eigenvalue weighted by Gasteiger charge is 2.42. The molecule has 3 fully saturated rings. The third-order valence-corrected chi connectivity index (χ3v) is 6.49. The van der Waals surface area contributed by atoms with E-state index < -0.39 is 0 Å². The molecule has 3 heterocycles. The average Bonchev–Trinajstić information content (AvgIpc) is 2.93. The van der Waals surface area contributed by atoms with Crippen LogP contribution in [0.15, 0.2) is 0 Å². The van der Waals surface area contributed by atoms with E-state index in [1.54, 1.807) is 0 Å². The van der Waals surface area contributed by atoms with Crippen molar-refractivity contribution in [2.45, 2.75) is 63.1 Å². The largest absolute Gasteiger partial charge is 0.374 e. The lowest BCUT2D eigenvalue weighted by Crippen LogP contribution is -2.52. The third kappa shape index (κ3) is 3.52. The molecule has 4 heteroatoms. The van der Waals surface area contributed by atoms with Crippen molar-refractivity contribution in [3.05, 3.63) is 0 Å². The Morgan fingerprint density at radius 3 is 2.85 bits per heavy atom. The first kappa shape index (κ1) is 15.1. The number of nitrogens with one attached hydrogen (secondary N) is 1. The zero-order valence-electron chi connectivity index (χ0n) is 12.9. The van der Waals surface area contributed by atoms with E-state index in [2.05, 4.69) is 28.9 Å². The van der Waals surface area contributed by atoms with Gasteiger partial charge in [0.15, 0.2) is 0 Å². The van der Waals surface area contributed by atoms with E-state index in [4.69, 9.17) is 4.74 Å². The lowest BCUT2D eigenvalue weighted by atomic mass is 9.88. The topological polar surface area (TPSA) is 24.5 Å². The first-order valence-electron chi connectivity index (χ1n) is 8.50. The van der Waals surface area contributed by atoms with Gasteiger partial charge in [-0.2, -0.15) is 11.8 Å². The number of thioether (sulfide) groups is 1. The summed E-state index contributed by atoms with van der Waals surface area (Å²) in [7, 11) is 0. The first-order chi connectivity index (χ1) is 9.81. The lowest BCUT2D eigenvalue weighted by molar-refractivity contribution is -0.0921. The summed E-state index contributed by atoms with van der Waals surface area (Å²) in [6.07, 6.45) is 7.73. The average molecular weight is 298 g/mol. The fourth-order valence-corrected chi connectivity index (χ4v) is 5.37. The molecule has 3 saturated heterocycles. The number of likely N-dealkylation sites (tertiary alicyclic amines) is 1. The van der Waals surface area contributed by atoms with Gasteiger partial charge in [0.2, 0.25) is 0 Å². The summed E-state index contributed by atoms with van der Waals surface area (Å²) in [4.78, 5) is 2.76. The molecule has 0 amide bonds. The van der Waals surface area contributed by atoms with Gasteiger partial charge in [-0.15, -0.1) is 0 Å². The molecule has 0 radical (unpaired) electrons. The van der Waals surface area contributed by atoms with Crippen LogP contribution in [0.1, 0.15) is 45.4 Å². The molecule has 0 aliphatic carbocycles. The van der Waals surface area contributed by atoms with Gasteiger partial charge in [-0.3, -0.25) is 0 Å². The Kier molecular flexibility index (Phi) is 5.29. The van der Waals surface area contributed by atoms with Gasteiger partial charge in [-0.05, 0) is 63.9 Å². The standard InChI is InChI=1S/C16H30N2OS/c1-2-7-17-14-3-8-18(9-4-14)15-5-10-19-16(12-15)6-11-20-13-16/h14-15,17H,2-13H2,1H3. The summed E-state index contributed by atoms with van der Waals surface area (Å²) in [5.74, 6) is 2.54. The molecular weight excluding hydrogens is 268 g/mol. The van der Waals surface area contributed by atoms with Crippen LogP contribution in [0.3, 0.4) is 0 Å². The number of nitrogens with zero attached hydrogens (tertiary/aromatic N) is 1. The molecule has 3 aliphatic rings. The Morgan fingerprint density at radius 1 is 1.30 bits per heavy atom. The molecule has 0 bridgehead atoms. The second-order valence-corrected chi connectivity index (χ2v) is 7.85. The molecule has 3 rings (SSSR count). The van der Waals surface area contributed by atoms with E-state index >= 15 is 0 Å². The Balaban J connectivity index is 1.48. The molecule has 116 valence electrons. The van der Waals surface area contributed by atoms with Crippen molar-refractivity contribution >= 4 is 11.8 Å². The summed E-state index contributed by atoms with van der Waals surface area (Å²) in [6.45, 7) is 7.00. The van der Waals surface area contributed by atoms with Crippen LogP contribution in [0.4, 0.5) is 0 Å². The van der Waals surface area contributed by atoms with Crippen LogP contribution in [-0.2, 0) is 4.74 Å². The van der Waals surface area contributed by atoms with Gasteiger partial charge in [0.25, 0.3) is 0 Å². The number of rotatable bonds is 4. The first-order valence-corrected chi connectivity index (χ1v) is 9.66. The Hall–Kier alpha value is 0.230. The van der Waals surface area contributed by atoms with E-state index in [9.17, 15) is 0 Å². The van der Waals surface area contributed by atoms with Crippen LogP contribution >= 0.6 is 11.8 Å². The van der Waals surface area contributed by atoms with Gasteiger partial charge in [0, 0.05) is 24.4 Å². The lowest BCUT2D eigenvalue weighted by Gasteiger charge is -2.45. The van der Waals surface area contributed by atoms with E-state index in [0.29, 0.717) is 0 Å². The Morgan fingerprint density at radius 2 is 2.15 bits per heavy atom. The quantitative estimate of drug-likeness (QED) is 0.862. The summed E-state index contributed by atoms with van der Waals surface area (Å²) < 4.78 is 6.16. The predicted molar refractivity (Wildman–Crippen MR) is 86.5 cm³/mol. The van der Waals surface area contributed by atoms with Crippen LogP contribution in [-0.4, -0.2) is 60.3 Å². The summed E-state index contributed by atoms with van der Waals surface area (Å²) in [5.41, 5.74) is 0.241. The predicted octanol–water partition coefficient (Wildman–Crippen LogP) is 2.51. The molecule has 3 aliphatic heterocycles. The summed E-state index contributed by atoms with van der Waals surface area (Å²) in [5, 5.41) is 3.69. The van der Waals surface area contributed by atoms with Crippen molar-refractivity contribution in [3.8, 4) is 0 Å². The van der Waals surface area contributed by atoms with Gasteiger partial charge in [0.05, 0.1) is 5.60 Å². The molecule has 3 nitrogen and oxygen atoms in total. The molecule has 0 saturated carbocycles. The van der Waals surface area contributed by atoms with Crippen LogP contribution in [0, 0.1) is 0 Å². The zero-order valence-corrected chi connectivity index (χ0v) is 13.7. The molecular formula is C16H30N2OS. The minimum Gasteiger partial charge on any atom is -0.374 e. The zero-order chi connectivity index (χ0) is 13.8. The minimum absolute atomic E-state index is 0.241. The fourth-order valence-electron chi connectivity index (χ4n) is 3.99. The van der Waals surface area contributed by atoms with E-state index in [-0.39, 0.29) is 5.60 Å². The minimum atomic E-state index is 0.241. The van der Waals surface area contributed by atoms with E-state index in [1.165, 1.54) is 69.7 Å². The van der Waals surface area contributed by atoms with Crippen molar-refractivity contribution in [1.82, 2.24) is 10.2 Å². The second kappa shape index (κ2) is 6.99. The second-order valence-electron chi connectivity index (χ2n) is 6.75. The van der Waals surface area contributed by atoms with E-state index in [0.717, 1.165) is 18.7 Å². The Bertz CT molecular complexity index is 299. The number of hydrogen-bond acceptors (Lipinski definition) is 4. The van der Waals surface area contributed by atoms with Crippen molar-refractivity contribution in [2.75, 3.05) is 37.7 Å². The molecule has 2 unspecified atom stereocenters. The normalized spacial score (nSPS) is 36.8. The highest BCUT2D eigenvalue weighted by atomic mass is 32.2. The maximum absolute atomic E-state index is 6.16. The number of hydrogen-bond donors (Lipinski definition) is 1. The molecule has 1 spiro atoms. The van der Waals surface area contributed by atoms with Crippen LogP contribution in [0.25, 0.3) is 0 Å². The van der Waals surface area contributed by atoms with Crippen molar-refractivity contribution in [1.29, 1.82) is 0 Å². The molecule has 0 aromatic carbocycles. The third-order valence-electron chi connectivity index (χ3n) is 5.26. The van der Waals surface area contributed by atoms with Gasteiger partial charge < -0.3 is 15.0 Å². The van der Waals surface area contributed by atoms with Gasteiger partial charge in [0.1, 0.15) is 0 Å². The smallest absolute Gasteiger partial charge is 0.0795 e. The number of piperidine rings is 1. The van der Waals surface area contributed by atoms with Gasteiger partial charge in [-0.25, -0.2) is 0 Å². The molecule has 0 aromatic heterocycles. The van der Waals surface area contributed by atoms with Crippen LogP contribution < -0.4 is 5.32 Å². The molecule has 20 heavy (non-hydrogen) atoms.